The van der Waals surface area contributed by atoms with Gasteiger partial charge in [0.25, 0.3) is 0 Å². The highest BCUT2D eigenvalue weighted by Gasteiger charge is 2.28. The number of benzene rings is 2. The molecule has 4 heteroatoms. The van der Waals surface area contributed by atoms with Gasteiger partial charge in [-0.1, -0.05) is 24.3 Å². The standard InChI is InChI=1S/C19H19FN2O/c1-13-6-7-18-17(10-13)21-19(23-18)15-8-9-22(12-15)11-14-4-2-3-5-16(14)20/h2-7,10,15H,8-9,11-12H2,1H3/t15-/m0/s1. The van der Waals surface area contributed by atoms with Crippen LogP contribution in [0.3, 0.4) is 0 Å². The Morgan fingerprint density at radius 2 is 2.13 bits per heavy atom. The molecule has 4 rings (SSSR count). The molecule has 23 heavy (non-hydrogen) atoms. The predicted octanol–water partition coefficient (Wildman–Crippen LogP) is 4.26. The van der Waals surface area contributed by atoms with Gasteiger partial charge >= 0.3 is 0 Å². The fourth-order valence-electron chi connectivity index (χ4n) is 3.28. The molecule has 0 aliphatic carbocycles. The van der Waals surface area contributed by atoms with Gasteiger partial charge in [-0.25, -0.2) is 9.37 Å². The van der Waals surface area contributed by atoms with Gasteiger partial charge in [-0.15, -0.1) is 0 Å². The van der Waals surface area contributed by atoms with Crippen LogP contribution in [0.15, 0.2) is 46.9 Å². The van der Waals surface area contributed by atoms with E-state index in [0.29, 0.717) is 6.54 Å². The van der Waals surface area contributed by atoms with Crippen molar-refractivity contribution in [3.63, 3.8) is 0 Å². The highest BCUT2D eigenvalue weighted by atomic mass is 19.1. The molecule has 1 atom stereocenters. The lowest BCUT2D eigenvalue weighted by Crippen LogP contribution is -2.20. The SMILES string of the molecule is Cc1ccc2oc([C@H]3CCN(Cc4ccccc4F)C3)nc2c1. The fourth-order valence-corrected chi connectivity index (χ4v) is 3.28. The number of oxazole rings is 1. The van der Waals surface area contributed by atoms with E-state index >= 15 is 0 Å². The second-order valence-corrected chi connectivity index (χ2v) is 6.34. The van der Waals surface area contributed by atoms with E-state index in [4.69, 9.17) is 4.42 Å². The summed E-state index contributed by atoms with van der Waals surface area (Å²) >= 11 is 0. The first kappa shape index (κ1) is 14.4. The average Bonchev–Trinajstić information content (AvgIpc) is 3.15. The first-order valence-corrected chi connectivity index (χ1v) is 8.02. The molecule has 1 aromatic heterocycles. The summed E-state index contributed by atoms with van der Waals surface area (Å²) in [5.74, 6) is 0.962. The molecule has 0 saturated carbocycles. The zero-order valence-electron chi connectivity index (χ0n) is 13.1. The minimum atomic E-state index is -0.131. The fraction of sp³-hybridized carbons (Fsp3) is 0.316. The molecule has 1 saturated heterocycles. The zero-order chi connectivity index (χ0) is 15.8. The molecule has 0 N–H and O–H groups in total. The summed E-state index contributed by atoms with van der Waals surface area (Å²) in [4.78, 5) is 6.91. The quantitative estimate of drug-likeness (QED) is 0.723. The first-order chi connectivity index (χ1) is 11.2. The van der Waals surface area contributed by atoms with E-state index in [1.54, 1.807) is 6.07 Å². The Kier molecular flexibility index (Phi) is 3.62. The molecular formula is C19H19FN2O. The first-order valence-electron chi connectivity index (χ1n) is 8.02. The smallest absolute Gasteiger partial charge is 0.199 e. The Labute approximate surface area is 134 Å². The second kappa shape index (κ2) is 5.78. The van der Waals surface area contributed by atoms with E-state index in [0.717, 1.165) is 42.1 Å². The van der Waals surface area contributed by atoms with Crippen molar-refractivity contribution < 1.29 is 8.81 Å². The maximum atomic E-state index is 13.8. The zero-order valence-corrected chi connectivity index (χ0v) is 13.1. The summed E-state index contributed by atoms with van der Waals surface area (Å²) in [6, 6.07) is 13.1. The van der Waals surface area contributed by atoms with Crippen LogP contribution in [0.5, 0.6) is 0 Å². The molecule has 2 aromatic carbocycles. The second-order valence-electron chi connectivity index (χ2n) is 6.34. The van der Waals surface area contributed by atoms with Crippen molar-refractivity contribution >= 4 is 11.1 Å². The number of rotatable bonds is 3. The summed E-state index contributed by atoms with van der Waals surface area (Å²) < 4.78 is 19.7. The maximum absolute atomic E-state index is 13.8. The highest BCUT2D eigenvalue weighted by molar-refractivity contribution is 5.73. The molecule has 0 amide bonds. The Bertz CT molecular complexity index is 842. The molecule has 0 unspecified atom stereocenters. The monoisotopic (exact) mass is 310 g/mol. The summed E-state index contributed by atoms with van der Waals surface area (Å²) in [6.07, 6.45) is 1.00. The molecule has 2 heterocycles. The van der Waals surface area contributed by atoms with Crippen molar-refractivity contribution in [2.75, 3.05) is 13.1 Å². The normalized spacial score (nSPS) is 18.8. The minimum absolute atomic E-state index is 0.131. The van der Waals surface area contributed by atoms with Gasteiger partial charge in [0.1, 0.15) is 11.3 Å². The minimum Gasteiger partial charge on any atom is -0.440 e. The topological polar surface area (TPSA) is 29.3 Å². The Morgan fingerprint density at radius 1 is 1.26 bits per heavy atom. The Hall–Kier alpha value is -2.20. The van der Waals surface area contributed by atoms with Crippen LogP contribution in [0, 0.1) is 12.7 Å². The van der Waals surface area contributed by atoms with Crippen molar-refractivity contribution in [2.45, 2.75) is 25.8 Å². The maximum Gasteiger partial charge on any atom is 0.199 e. The van der Waals surface area contributed by atoms with E-state index in [9.17, 15) is 4.39 Å². The third kappa shape index (κ3) is 2.86. The number of halogens is 1. The number of aromatic nitrogens is 1. The summed E-state index contributed by atoms with van der Waals surface area (Å²) in [5.41, 5.74) is 3.71. The van der Waals surface area contributed by atoms with E-state index in [-0.39, 0.29) is 11.7 Å². The van der Waals surface area contributed by atoms with Crippen molar-refractivity contribution in [3.05, 3.63) is 65.3 Å². The van der Waals surface area contributed by atoms with Crippen LogP contribution in [0.25, 0.3) is 11.1 Å². The molecule has 0 radical (unpaired) electrons. The van der Waals surface area contributed by atoms with Crippen LogP contribution < -0.4 is 0 Å². The lowest BCUT2D eigenvalue weighted by molar-refractivity contribution is 0.315. The van der Waals surface area contributed by atoms with E-state index in [1.807, 2.05) is 30.3 Å². The molecule has 3 nitrogen and oxygen atoms in total. The molecule has 1 aliphatic rings. The van der Waals surface area contributed by atoms with Crippen LogP contribution in [-0.2, 0) is 6.54 Å². The van der Waals surface area contributed by atoms with Crippen molar-refractivity contribution in [2.24, 2.45) is 0 Å². The van der Waals surface area contributed by atoms with E-state index in [1.165, 1.54) is 11.6 Å². The molecule has 3 aromatic rings. The molecule has 118 valence electrons. The van der Waals surface area contributed by atoms with Gasteiger partial charge in [-0.2, -0.15) is 0 Å². The highest BCUT2D eigenvalue weighted by Crippen LogP contribution is 2.30. The van der Waals surface area contributed by atoms with Crippen LogP contribution in [0.4, 0.5) is 4.39 Å². The van der Waals surface area contributed by atoms with Gasteiger partial charge in [0.2, 0.25) is 0 Å². The molecule has 0 spiro atoms. The van der Waals surface area contributed by atoms with Gasteiger partial charge in [0.05, 0.1) is 0 Å². The molecular weight excluding hydrogens is 291 g/mol. The average molecular weight is 310 g/mol. The summed E-state index contributed by atoms with van der Waals surface area (Å²) in [6.45, 7) is 4.50. The largest absolute Gasteiger partial charge is 0.440 e. The van der Waals surface area contributed by atoms with Gasteiger partial charge in [-0.05, 0) is 43.7 Å². The van der Waals surface area contributed by atoms with Crippen molar-refractivity contribution in [1.82, 2.24) is 9.88 Å². The van der Waals surface area contributed by atoms with Crippen molar-refractivity contribution in [3.8, 4) is 0 Å². The summed E-state index contributed by atoms with van der Waals surface area (Å²) in [7, 11) is 0. The van der Waals surface area contributed by atoms with Crippen LogP contribution in [0.2, 0.25) is 0 Å². The number of fused-ring (bicyclic) bond motifs is 1. The van der Waals surface area contributed by atoms with Gasteiger partial charge in [-0.3, -0.25) is 4.90 Å². The van der Waals surface area contributed by atoms with Crippen LogP contribution in [-0.4, -0.2) is 23.0 Å². The molecule has 0 bridgehead atoms. The lowest BCUT2D eigenvalue weighted by Gasteiger charge is -2.15. The Balaban J connectivity index is 1.50. The third-order valence-electron chi connectivity index (χ3n) is 4.53. The molecule has 1 fully saturated rings. The number of hydrogen-bond acceptors (Lipinski definition) is 3. The number of likely N-dealkylation sites (tertiary alicyclic amines) is 1. The van der Waals surface area contributed by atoms with Gasteiger partial charge < -0.3 is 4.42 Å². The van der Waals surface area contributed by atoms with E-state index in [2.05, 4.69) is 16.8 Å². The number of hydrogen-bond donors (Lipinski definition) is 0. The predicted molar refractivity (Wildman–Crippen MR) is 87.8 cm³/mol. The van der Waals surface area contributed by atoms with Gasteiger partial charge in [0.15, 0.2) is 11.5 Å². The van der Waals surface area contributed by atoms with E-state index < -0.39 is 0 Å². The van der Waals surface area contributed by atoms with Crippen LogP contribution >= 0.6 is 0 Å². The van der Waals surface area contributed by atoms with Crippen LogP contribution in [0.1, 0.15) is 29.4 Å². The number of aryl methyl sites for hydroxylation is 1. The van der Waals surface area contributed by atoms with Gasteiger partial charge in [0, 0.05) is 24.6 Å². The molecule has 1 aliphatic heterocycles. The third-order valence-corrected chi connectivity index (χ3v) is 4.53. The van der Waals surface area contributed by atoms with Crippen molar-refractivity contribution in [1.29, 1.82) is 0 Å². The summed E-state index contributed by atoms with van der Waals surface area (Å²) in [5, 5.41) is 0. The Morgan fingerprint density at radius 3 is 3.00 bits per heavy atom. The lowest BCUT2D eigenvalue weighted by atomic mass is 10.1. The number of nitrogens with zero attached hydrogens (tertiary/aromatic N) is 2.